The van der Waals surface area contributed by atoms with E-state index in [1.165, 1.54) is 27.8 Å². The van der Waals surface area contributed by atoms with Crippen molar-refractivity contribution in [1.82, 2.24) is 9.97 Å². The van der Waals surface area contributed by atoms with Gasteiger partial charge in [0.1, 0.15) is 5.82 Å². The summed E-state index contributed by atoms with van der Waals surface area (Å²) in [6.07, 6.45) is 3.70. The van der Waals surface area contributed by atoms with Gasteiger partial charge in [-0.25, -0.2) is 4.98 Å². The summed E-state index contributed by atoms with van der Waals surface area (Å²) in [5.74, 6) is 0.955. The molecule has 0 saturated heterocycles. The van der Waals surface area contributed by atoms with Crippen LogP contribution < -0.4 is 5.73 Å². The number of nitrogens with one attached hydrogen (secondary N) is 1. The van der Waals surface area contributed by atoms with Crippen molar-refractivity contribution >= 4 is 0 Å². The third kappa shape index (κ3) is 2.06. The Balaban J connectivity index is 1.72. The average molecular weight is 275 g/mol. The molecular weight excluding hydrogens is 258 g/mol. The van der Waals surface area contributed by atoms with Crippen LogP contribution in [-0.2, 0) is 12.8 Å². The standard InChI is InChI=1S/C18H17N3/c19-8-7-18-20-11-17(21-18)13-5-6-16-14(10-13)9-12-3-1-2-4-15(12)16/h1-6,10-11H,7-9,19H2,(H,20,21). The second-order valence-corrected chi connectivity index (χ2v) is 5.49. The quantitative estimate of drug-likeness (QED) is 0.603. The number of aromatic amines is 1. The van der Waals surface area contributed by atoms with Crippen molar-refractivity contribution in [2.24, 2.45) is 5.73 Å². The van der Waals surface area contributed by atoms with E-state index in [9.17, 15) is 0 Å². The highest BCUT2D eigenvalue weighted by Gasteiger charge is 2.18. The molecule has 21 heavy (non-hydrogen) atoms. The minimum atomic E-state index is 0.618. The van der Waals surface area contributed by atoms with Crippen LogP contribution in [0.25, 0.3) is 22.4 Å². The van der Waals surface area contributed by atoms with Crippen LogP contribution in [0.5, 0.6) is 0 Å². The van der Waals surface area contributed by atoms with Gasteiger partial charge in [-0.1, -0.05) is 36.4 Å². The van der Waals surface area contributed by atoms with Crippen LogP contribution in [0.15, 0.2) is 48.7 Å². The smallest absolute Gasteiger partial charge is 0.107 e. The zero-order chi connectivity index (χ0) is 14.2. The third-order valence-corrected chi connectivity index (χ3v) is 4.11. The summed E-state index contributed by atoms with van der Waals surface area (Å²) in [6.45, 7) is 0.618. The molecule has 3 nitrogen and oxygen atoms in total. The summed E-state index contributed by atoms with van der Waals surface area (Å²) >= 11 is 0. The molecule has 1 aliphatic rings. The van der Waals surface area contributed by atoms with E-state index in [1.807, 2.05) is 6.20 Å². The SMILES string of the molecule is NCCc1ncc(-c2ccc3c(c2)Cc2ccccc2-3)[nH]1. The number of benzene rings is 2. The fourth-order valence-corrected chi connectivity index (χ4v) is 3.09. The van der Waals surface area contributed by atoms with E-state index in [-0.39, 0.29) is 0 Å². The summed E-state index contributed by atoms with van der Waals surface area (Å²) in [7, 11) is 0. The number of imidazole rings is 1. The summed E-state index contributed by atoms with van der Waals surface area (Å²) in [5.41, 5.74) is 13.4. The fourth-order valence-electron chi connectivity index (χ4n) is 3.09. The van der Waals surface area contributed by atoms with Gasteiger partial charge in [-0.2, -0.15) is 0 Å². The van der Waals surface area contributed by atoms with Gasteiger partial charge in [0.05, 0.1) is 11.9 Å². The van der Waals surface area contributed by atoms with Crippen molar-refractivity contribution in [3.8, 4) is 22.4 Å². The lowest BCUT2D eigenvalue weighted by Crippen LogP contribution is -2.03. The maximum absolute atomic E-state index is 5.57. The second-order valence-electron chi connectivity index (χ2n) is 5.49. The highest BCUT2D eigenvalue weighted by atomic mass is 14.9. The molecule has 0 unspecified atom stereocenters. The zero-order valence-electron chi connectivity index (χ0n) is 11.8. The van der Waals surface area contributed by atoms with Crippen molar-refractivity contribution in [3.63, 3.8) is 0 Å². The minimum absolute atomic E-state index is 0.618. The molecule has 0 bridgehead atoms. The van der Waals surface area contributed by atoms with Gasteiger partial charge >= 0.3 is 0 Å². The minimum Gasteiger partial charge on any atom is -0.342 e. The maximum Gasteiger partial charge on any atom is 0.107 e. The molecule has 0 amide bonds. The number of hydrogen-bond donors (Lipinski definition) is 2. The number of fused-ring (bicyclic) bond motifs is 3. The largest absolute Gasteiger partial charge is 0.342 e. The molecule has 3 N–H and O–H groups in total. The number of rotatable bonds is 3. The van der Waals surface area contributed by atoms with E-state index < -0.39 is 0 Å². The fraction of sp³-hybridized carbons (Fsp3) is 0.167. The molecule has 0 radical (unpaired) electrons. The predicted octanol–water partition coefficient (Wildman–Crippen LogP) is 3.15. The van der Waals surface area contributed by atoms with Gasteiger partial charge < -0.3 is 10.7 Å². The molecule has 1 heterocycles. The van der Waals surface area contributed by atoms with Crippen LogP contribution in [0.4, 0.5) is 0 Å². The van der Waals surface area contributed by atoms with Crippen molar-refractivity contribution in [2.75, 3.05) is 6.54 Å². The predicted molar refractivity (Wildman–Crippen MR) is 85.0 cm³/mol. The van der Waals surface area contributed by atoms with Crippen LogP contribution in [0.2, 0.25) is 0 Å². The lowest BCUT2D eigenvalue weighted by Gasteiger charge is -2.03. The summed E-state index contributed by atoms with van der Waals surface area (Å²) in [6, 6.07) is 15.3. The molecule has 0 aliphatic heterocycles. The first-order valence-electron chi connectivity index (χ1n) is 7.30. The Morgan fingerprint density at radius 2 is 1.90 bits per heavy atom. The van der Waals surface area contributed by atoms with Gasteiger partial charge in [-0.05, 0) is 46.8 Å². The highest BCUT2D eigenvalue weighted by Crippen LogP contribution is 2.38. The van der Waals surface area contributed by atoms with Crippen LogP contribution in [0, 0.1) is 0 Å². The topological polar surface area (TPSA) is 54.7 Å². The zero-order valence-corrected chi connectivity index (χ0v) is 11.8. The van der Waals surface area contributed by atoms with Crippen molar-refractivity contribution < 1.29 is 0 Å². The first kappa shape index (κ1) is 12.4. The van der Waals surface area contributed by atoms with E-state index in [2.05, 4.69) is 52.4 Å². The van der Waals surface area contributed by atoms with Gasteiger partial charge in [0, 0.05) is 6.42 Å². The van der Waals surface area contributed by atoms with Gasteiger partial charge in [-0.3, -0.25) is 0 Å². The second kappa shape index (κ2) is 4.86. The van der Waals surface area contributed by atoms with E-state index in [0.29, 0.717) is 6.54 Å². The molecule has 3 aromatic rings. The number of H-pyrrole nitrogens is 1. The molecule has 4 rings (SSSR count). The van der Waals surface area contributed by atoms with Crippen molar-refractivity contribution in [3.05, 3.63) is 65.6 Å². The maximum atomic E-state index is 5.57. The van der Waals surface area contributed by atoms with Crippen molar-refractivity contribution in [1.29, 1.82) is 0 Å². The Bertz CT molecular complexity index is 802. The highest BCUT2D eigenvalue weighted by molar-refractivity contribution is 5.79. The summed E-state index contributed by atoms with van der Waals surface area (Å²) in [4.78, 5) is 7.73. The average Bonchev–Trinajstić information content (AvgIpc) is 3.11. The molecule has 3 heteroatoms. The molecule has 0 saturated carbocycles. The molecular formula is C18H17N3. The van der Waals surface area contributed by atoms with E-state index in [4.69, 9.17) is 5.73 Å². The van der Waals surface area contributed by atoms with Crippen LogP contribution >= 0.6 is 0 Å². The number of nitrogens with zero attached hydrogens (tertiary/aromatic N) is 1. The van der Waals surface area contributed by atoms with Gasteiger partial charge in [0.2, 0.25) is 0 Å². The van der Waals surface area contributed by atoms with Crippen LogP contribution in [0.1, 0.15) is 17.0 Å². The van der Waals surface area contributed by atoms with Gasteiger partial charge in [-0.15, -0.1) is 0 Å². The first-order chi connectivity index (χ1) is 10.3. The van der Waals surface area contributed by atoms with E-state index >= 15 is 0 Å². The van der Waals surface area contributed by atoms with Crippen LogP contribution in [-0.4, -0.2) is 16.5 Å². The molecule has 0 spiro atoms. The molecule has 0 fully saturated rings. The summed E-state index contributed by atoms with van der Waals surface area (Å²) < 4.78 is 0. The van der Waals surface area contributed by atoms with E-state index in [0.717, 1.165) is 24.4 Å². The Hall–Kier alpha value is -2.39. The van der Waals surface area contributed by atoms with Gasteiger partial charge in [0.15, 0.2) is 0 Å². The Kier molecular flexibility index (Phi) is 2.86. The normalized spacial score (nSPS) is 12.2. The number of aromatic nitrogens is 2. The Morgan fingerprint density at radius 1 is 1.05 bits per heavy atom. The lowest BCUT2D eigenvalue weighted by molar-refractivity contribution is 0.895. The number of hydrogen-bond acceptors (Lipinski definition) is 2. The molecule has 0 atom stereocenters. The number of nitrogens with two attached hydrogens (primary N) is 1. The first-order valence-corrected chi connectivity index (χ1v) is 7.30. The Labute approximate surface area is 123 Å². The lowest BCUT2D eigenvalue weighted by atomic mass is 10.0. The van der Waals surface area contributed by atoms with E-state index in [1.54, 1.807) is 0 Å². The molecule has 104 valence electrons. The molecule has 1 aliphatic carbocycles. The third-order valence-electron chi connectivity index (χ3n) is 4.11. The summed E-state index contributed by atoms with van der Waals surface area (Å²) in [5, 5.41) is 0. The monoisotopic (exact) mass is 275 g/mol. The van der Waals surface area contributed by atoms with Crippen LogP contribution in [0.3, 0.4) is 0 Å². The molecule has 2 aromatic carbocycles. The van der Waals surface area contributed by atoms with Crippen molar-refractivity contribution in [2.45, 2.75) is 12.8 Å². The molecule has 1 aromatic heterocycles. The Morgan fingerprint density at radius 3 is 2.81 bits per heavy atom. The van der Waals surface area contributed by atoms with Gasteiger partial charge in [0.25, 0.3) is 0 Å².